The molecule has 0 saturated heterocycles. The molecule has 0 radical (unpaired) electrons. The number of carbonyl (C=O) groups is 1. The van der Waals surface area contributed by atoms with E-state index in [1.807, 2.05) is 37.3 Å². The Morgan fingerprint density at radius 3 is 2.62 bits per heavy atom. The van der Waals surface area contributed by atoms with Crippen molar-refractivity contribution in [3.63, 3.8) is 0 Å². The smallest absolute Gasteiger partial charge is 0.259 e. The molecular weight excluding hydrogens is 306 g/mol. The molecule has 0 fully saturated rings. The van der Waals surface area contributed by atoms with Gasteiger partial charge in [0.15, 0.2) is 11.5 Å². The third kappa shape index (κ3) is 2.60. The van der Waals surface area contributed by atoms with Gasteiger partial charge in [0.25, 0.3) is 5.91 Å². The van der Waals surface area contributed by atoms with Gasteiger partial charge in [-0.1, -0.05) is 30.3 Å². The number of ether oxygens (including phenoxy) is 2. The molecule has 0 unspecified atom stereocenters. The molecule has 4 rings (SSSR count). The lowest BCUT2D eigenvalue weighted by Gasteiger charge is -2.06. The zero-order valence-electron chi connectivity index (χ0n) is 13.0. The highest BCUT2D eigenvalue weighted by Gasteiger charge is 2.19. The van der Waals surface area contributed by atoms with Gasteiger partial charge in [-0.25, -0.2) is 0 Å². The van der Waals surface area contributed by atoms with E-state index in [0.717, 1.165) is 5.56 Å². The molecule has 5 heteroatoms. The van der Waals surface area contributed by atoms with Crippen molar-refractivity contribution < 1.29 is 18.7 Å². The van der Waals surface area contributed by atoms with Crippen LogP contribution in [0.2, 0.25) is 0 Å². The Morgan fingerprint density at radius 1 is 1.00 bits per heavy atom. The summed E-state index contributed by atoms with van der Waals surface area (Å²) in [7, 11) is 0. The summed E-state index contributed by atoms with van der Waals surface area (Å²) in [5.41, 5.74) is 2.00. The lowest BCUT2D eigenvalue weighted by molar-refractivity contribution is 0.102. The number of furan rings is 1. The molecular formula is C19H15NO4. The Morgan fingerprint density at radius 2 is 1.79 bits per heavy atom. The maximum Gasteiger partial charge on any atom is 0.259 e. The van der Waals surface area contributed by atoms with Gasteiger partial charge in [-0.15, -0.1) is 0 Å². The molecule has 2 heterocycles. The van der Waals surface area contributed by atoms with Crippen LogP contribution in [0.5, 0.6) is 11.5 Å². The van der Waals surface area contributed by atoms with Gasteiger partial charge in [0.05, 0.1) is 5.56 Å². The van der Waals surface area contributed by atoms with Crippen molar-refractivity contribution in [3.8, 4) is 22.8 Å². The number of hydrogen-bond acceptors (Lipinski definition) is 4. The fourth-order valence-electron chi connectivity index (χ4n) is 2.66. The van der Waals surface area contributed by atoms with Gasteiger partial charge in [0.2, 0.25) is 6.79 Å². The lowest BCUT2D eigenvalue weighted by Crippen LogP contribution is -2.12. The largest absolute Gasteiger partial charge is 0.461 e. The van der Waals surface area contributed by atoms with Gasteiger partial charge < -0.3 is 19.2 Å². The van der Waals surface area contributed by atoms with Crippen LogP contribution in [0, 0.1) is 6.92 Å². The van der Waals surface area contributed by atoms with Crippen LogP contribution in [0.3, 0.4) is 0 Å². The molecule has 1 aliphatic rings. The van der Waals surface area contributed by atoms with Crippen LogP contribution in [-0.4, -0.2) is 12.7 Å². The number of aryl methyl sites for hydroxylation is 1. The Balaban J connectivity index is 1.63. The van der Waals surface area contributed by atoms with Gasteiger partial charge >= 0.3 is 0 Å². The lowest BCUT2D eigenvalue weighted by atomic mass is 10.1. The van der Waals surface area contributed by atoms with E-state index in [9.17, 15) is 4.79 Å². The number of hydrogen-bond donors (Lipinski definition) is 1. The molecule has 1 aliphatic heterocycles. The van der Waals surface area contributed by atoms with Crippen LogP contribution >= 0.6 is 0 Å². The summed E-state index contributed by atoms with van der Waals surface area (Å²) < 4.78 is 16.3. The average molecular weight is 321 g/mol. The van der Waals surface area contributed by atoms with E-state index in [2.05, 4.69) is 5.32 Å². The minimum absolute atomic E-state index is 0.200. The molecule has 0 aliphatic carbocycles. The molecule has 0 saturated carbocycles. The summed E-state index contributed by atoms with van der Waals surface area (Å²) in [6.07, 6.45) is 0. The van der Waals surface area contributed by atoms with Crippen molar-refractivity contribution >= 4 is 11.6 Å². The van der Waals surface area contributed by atoms with Gasteiger partial charge in [-0.3, -0.25) is 4.79 Å². The van der Waals surface area contributed by atoms with Crippen molar-refractivity contribution in [3.05, 3.63) is 65.9 Å². The van der Waals surface area contributed by atoms with Gasteiger partial charge in [-0.2, -0.15) is 0 Å². The van der Waals surface area contributed by atoms with Crippen molar-refractivity contribution in [2.24, 2.45) is 0 Å². The third-order valence-corrected chi connectivity index (χ3v) is 3.77. The zero-order valence-corrected chi connectivity index (χ0v) is 13.0. The molecule has 0 spiro atoms. The number of fused-ring (bicyclic) bond motifs is 1. The summed E-state index contributed by atoms with van der Waals surface area (Å²) in [5.74, 6) is 2.32. The summed E-state index contributed by atoms with van der Waals surface area (Å²) >= 11 is 0. The first-order valence-corrected chi connectivity index (χ1v) is 7.57. The minimum atomic E-state index is -0.232. The first-order chi connectivity index (χ1) is 11.7. The quantitative estimate of drug-likeness (QED) is 0.784. The molecule has 1 aromatic heterocycles. The first kappa shape index (κ1) is 14.4. The van der Waals surface area contributed by atoms with E-state index in [1.165, 1.54) is 0 Å². The standard InChI is InChI=1S/C19H15NO4/c1-12-9-15(18(24-12)13-5-3-2-4-6-13)19(21)20-14-7-8-16-17(10-14)23-11-22-16/h2-10H,11H2,1H3,(H,20,21). The topological polar surface area (TPSA) is 60.7 Å². The number of benzene rings is 2. The second-order valence-electron chi connectivity index (χ2n) is 5.49. The highest BCUT2D eigenvalue weighted by atomic mass is 16.7. The van der Waals surface area contributed by atoms with Crippen LogP contribution in [-0.2, 0) is 0 Å². The maximum atomic E-state index is 12.7. The SMILES string of the molecule is Cc1cc(C(=O)Nc2ccc3c(c2)OCO3)c(-c2ccccc2)o1. The fourth-order valence-corrected chi connectivity index (χ4v) is 2.66. The number of amides is 1. The maximum absolute atomic E-state index is 12.7. The second-order valence-corrected chi connectivity index (χ2v) is 5.49. The summed E-state index contributed by atoms with van der Waals surface area (Å²) in [5, 5.41) is 2.88. The molecule has 1 N–H and O–H groups in total. The van der Waals surface area contributed by atoms with E-state index in [-0.39, 0.29) is 12.7 Å². The van der Waals surface area contributed by atoms with E-state index in [4.69, 9.17) is 13.9 Å². The predicted octanol–water partition coefficient (Wildman–Crippen LogP) is 4.24. The number of nitrogens with one attached hydrogen (secondary N) is 1. The predicted molar refractivity (Wildman–Crippen MR) is 89.4 cm³/mol. The first-order valence-electron chi connectivity index (χ1n) is 7.57. The van der Waals surface area contributed by atoms with E-state index in [0.29, 0.717) is 34.3 Å². The summed E-state index contributed by atoms with van der Waals surface area (Å²) in [6, 6.07) is 16.6. The van der Waals surface area contributed by atoms with Crippen LogP contribution in [0.15, 0.2) is 59.0 Å². The van der Waals surface area contributed by atoms with Gasteiger partial charge in [0, 0.05) is 17.3 Å². The highest BCUT2D eigenvalue weighted by Crippen LogP contribution is 2.35. The summed E-state index contributed by atoms with van der Waals surface area (Å²) in [6.45, 7) is 2.02. The van der Waals surface area contributed by atoms with E-state index in [1.54, 1.807) is 24.3 Å². The molecule has 120 valence electrons. The Labute approximate surface area is 138 Å². The number of carbonyl (C=O) groups excluding carboxylic acids is 1. The normalized spacial score (nSPS) is 12.2. The molecule has 0 bridgehead atoms. The minimum Gasteiger partial charge on any atom is -0.461 e. The van der Waals surface area contributed by atoms with Crippen molar-refractivity contribution in [2.75, 3.05) is 12.1 Å². The molecule has 3 aromatic rings. The molecule has 0 atom stereocenters. The van der Waals surface area contributed by atoms with Crippen LogP contribution < -0.4 is 14.8 Å². The van der Waals surface area contributed by atoms with Gasteiger partial charge in [-0.05, 0) is 25.1 Å². The van der Waals surface area contributed by atoms with Crippen molar-refractivity contribution in [2.45, 2.75) is 6.92 Å². The van der Waals surface area contributed by atoms with Crippen LogP contribution in [0.1, 0.15) is 16.1 Å². The van der Waals surface area contributed by atoms with Crippen molar-refractivity contribution in [1.29, 1.82) is 0 Å². The monoisotopic (exact) mass is 321 g/mol. The second kappa shape index (κ2) is 5.77. The number of rotatable bonds is 3. The average Bonchev–Trinajstić information content (AvgIpc) is 3.21. The molecule has 2 aromatic carbocycles. The number of anilines is 1. The molecule has 1 amide bonds. The molecule has 24 heavy (non-hydrogen) atoms. The Bertz CT molecular complexity index is 899. The van der Waals surface area contributed by atoms with Crippen LogP contribution in [0.4, 0.5) is 5.69 Å². The summed E-state index contributed by atoms with van der Waals surface area (Å²) in [4.78, 5) is 12.7. The van der Waals surface area contributed by atoms with Gasteiger partial charge in [0.1, 0.15) is 11.5 Å². The zero-order chi connectivity index (χ0) is 16.5. The Kier molecular flexibility index (Phi) is 3.46. The third-order valence-electron chi connectivity index (χ3n) is 3.77. The Hall–Kier alpha value is -3.21. The van der Waals surface area contributed by atoms with Crippen LogP contribution in [0.25, 0.3) is 11.3 Å². The van der Waals surface area contributed by atoms with E-state index < -0.39 is 0 Å². The highest BCUT2D eigenvalue weighted by molar-refractivity contribution is 6.08. The molecule has 5 nitrogen and oxygen atoms in total. The van der Waals surface area contributed by atoms with E-state index >= 15 is 0 Å². The van der Waals surface area contributed by atoms with Crippen molar-refractivity contribution in [1.82, 2.24) is 0 Å². The fraction of sp³-hybridized carbons (Fsp3) is 0.105.